The molecular formula is C16H20N2. The van der Waals surface area contributed by atoms with Crippen molar-refractivity contribution in [3.63, 3.8) is 0 Å². The lowest BCUT2D eigenvalue weighted by atomic mass is 9.93. The summed E-state index contributed by atoms with van der Waals surface area (Å²) in [6.45, 7) is 6.39. The van der Waals surface area contributed by atoms with Gasteiger partial charge in [-0.1, -0.05) is 6.07 Å². The molecule has 2 aromatic rings. The minimum absolute atomic E-state index is 0.0868. The first kappa shape index (κ1) is 11.7. The number of benzene rings is 1. The first-order valence-corrected chi connectivity index (χ1v) is 6.76. The van der Waals surface area contributed by atoms with Crippen LogP contribution in [0.15, 0.2) is 12.1 Å². The maximum absolute atomic E-state index is 6.23. The second-order valence-corrected chi connectivity index (χ2v) is 5.57. The zero-order chi connectivity index (χ0) is 12.9. The van der Waals surface area contributed by atoms with Crippen LogP contribution in [0.2, 0.25) is 0 Å². The van der Waals surface area contributed by atoms with E-state index in [0.717, 1.165) is 18.4 Å². The number of nitrogens with zero attached hydrogens (tertiary/aromatic N) is 1. The molecule has 1 unspecified atom stereocenters. The summed E-state index contributed by atoms with van der Waals surface area (Å²) >= 11 is 0. The van der Waals surface area contributed by atoms with E-state index in [1.54, 1.807) is 0 Å². The van der Waals surface area contributed by atoms with Gasteiger partial charge >= 0.3 is 0 Å². The first-order chi connectivity index (χ1) is 8.58. The molecule has 0 bridgehead atoms. The third kappa shape index (κ3) is 1.64. The molecule has 1 aromatic carbocycles. The van der Waals surface area contributed by atoms with Gasteiger partial charge in [0.25, 0.3) is 0 Å². The highest BCUT2D eigenvalue weighted by Crippen LogP contribution is 2.35. The molecule has 0 saturated carbocycles. The van der Waals surface area contributed by atoms with E-state index >= 15 is 0 Å². The normalized spacial score (nSPS) is 16.0. The Balaban J connectivity index is 2.46. The molecule has 0 amide bonds. The third-order valence-electron chi connectivity index (χ3n) is 3.95. The molecule has 2 heteroatoms. The van der Waals surface area contributed by atoms with E-state index in [2.05, 4.69) is 32.9 Å². The Hall–Kier alpha value is -1.41. The molecule has 1 atom stereocenters. The number of fused-ring (bicyclic) bond motifs is 2. The molecule has 0 radical (unpaired) electrons. The van der Waals surface area contributed by atoms with Gasteiger partial charge in [0.1, 0.15) is 0 Å². The van der Waals surface area contributed by atoms with E-state index < -0.39 is 0 Å². The molecule has 1 aliphatic rings. The van der Waals surface area contributed by atoms with Gasteiger partial charge in [-0.2, -0.15) is 0 Å². The summed E-state index contributed by atoms with van der Waals surface area (Å²) < 4.78 is 0. The van der Waals surface area contributed by atoms with Crippen molar-refractivity contribution in [2.75, 3.05) is 0 Å². The molecule has 0 fully saturated rings. The number of hydrogen-bond donors (Lipinski definition) is 1. The highest BCUT2D eigenvalue weighted by molar-refractivity contribution is 5.88. The fourth-order valence-electron chi connectivity index (χ4n) is 3.32. The van der Waals surface area contributed by atoms with Crippen molar-refractivity contribution in [2.45, 2.75) is 46.1 Å². The summed E-state index contributed by atoms with van der Waals surface area (Å²) in [6, 6.07) is 4.51. The molecule has 18 heavy (non-hydrogen) atoms. The van der Waals surface area contributed by atoms with Gasteiger partial charge in [-0.15, -0.1) is 0 Å². The molecule has 94 valence electrons. The van der Waals surface area contributed by atoms with E-state index in [-0.39, 0.29) is 6.04 Å². The predicted octanol–water partition coefficient (Wildman–Crippen LogP) is 3.36. The van der Waals surface area contributed by atoms with Crippen molar-refractivity contribution in [3.05, 3.63) is 40.1 Å². The summed E-state index contributed by atoms with van der Waals surface area (Å²) in [5.74, 6) is 0. The Morgan fingerprint density at radius 1 is 1.22 bits per heavy atom. The molecular weight excluding hydrogens is 220 g/mol. The van der Waals surface area contributed by atoms with Crippen molar-refractivity contribution >= 4 is 10.9 Å². The first-order valence-electron chi connectivity index (χ1n) is 6.76. The topological polar surface area (TPSA) is 38.9 Å². The Kier molecular flexibility index (Phi) is 2.63. The maximum Gasteiger partial charge on any atom is 0.0714 e. The summed E-state index contributed by atoms with van der Waals surface area (Å²) in [7, 11) is 0. The zero-order valence-electron chi connectivity index (χ0n) is 11.4. The van der Waals surface area contributed by atoms with Crippen LogP contribution in [0.1, 0.15) is 47.3 Å². The number of pyridine rings is 1. The fraction of sp³-hybridized carbons (Fsp3) is 0.438. The minimum Gasteiger partial charge on any atom is -0.324 e. The summed E-state index contributed by atoms with van der Waals surface area (Å²) in [5, 5.41) is 1.29. The van der Waals surface area contributed by atoms with Crippen LogP contribution >= 0.6 is 0 Å². The Bertz CT molecular complexity index is 627. The van der Waals surface area contributed by atoms with E-state index in [0.29, 0.717) is 0 Å². The average Bonchev–Trinajstić information content (AvgIpc) is 2.72. The predicted molar refractivity (Wildman–Crippen MR) is 75.8 cm³/mol. The lowest BCUT2D eigenvalue weighted by Crippen LogP contribution is -2.11. The quantitative estimate of drug-likeness (QED) is 0.830. The van der Waals surface area contributed by atoms with Crippen LogP contribution in [-0.4, -0.2) is 4.98 Å². The SMILES string of the molecule is Cc1cc(C)c2c(C(C)N)c3c(nc2c1)CCC3. The van der Waals surface area contributed by atoms with Gasteiger partial charge < -0.3 is 5.73 Å². The lowest BCUT2D eigenvalue weighted by molar-refractivity contribution is 0.806. The molecule has 0 saturated heterocycles. The molecule has 0 aliphatic heterocycles. The maximum atomic E-state index is 6.23. The standard InChI is InChI=1S/C16H20N2/c1-9-7-10(2)15-14(8-9)18-13-6-4-5-12(13)16(15)11(3)17/h7-8,11H,4-6,17H2,1-3H3. The molecule has 2 N–H and O–H groups in total. The van der Waals surface area contributed by atoms with E-state index in [4.69, 9.17) is 10.7 Å². The average molecular weight is 240 g/mol. The largest absolute Gasteiger partial charge is 0.324 e. The van der Waals surface area contributed by atoms with E-state index in [1.165, 1.54) is 39.8 Å². The van der Waals surface area contributed by atoms with Crippen LogP contribution in [-0.2, 0) is 12.8 Å². The Labute approximate surface area is 108 Å². The van der Waals surface area contributed by atoms with Crippen LogP contribution < -0.4 is 5.73 Å². The number of rotatable bonds is 1. The molecule has 3 rings (SSSR count). The fourth-order valence-corrected chi connectivity index (χ4v) is 3.32. The van der Waals surface area contributed by atoms with Crippen LogP contribution in [0.25, 0.3) is 10.9 Å². The van der Waals surface area contributed by atoms with Crippen molar-refractivity contribution in [1.82, 2.24) is 4.98 Å². The van der Waals surface area contributed by atoms with Gasteiger partial charge in [-0.05, 0) is 68.4 Å². The molecule has 1 heterocycles. The Morgan fingerprint density at radius 3 is 2.72 bits per heavy atom. The zero-order valence-corrected chi connectivity index (χ0v) is 11.4. The second-order valence-electron chi connectivity index (χ2n) is 5.57. The molecule has 1 aromatic heterocycles. The highest BCUT2D eigenvalue weighted by atomic mass is 14.7. The van der Waals surface area contributed by atoms with E-state index in [9.17, 15) is 0 Å². The Morgan fingerprint density at radius 2 is 2.00 bits per heavy atom. The second kappa shape index (κ2) is 4.06. The summed E-state index contributed by atoms with van der Waals surface area (Å²) in [6.07, 6.45) is 3.47. The molecule has 0 spiro atoms. The molecule has 1 aliphatic carbocycles. The van der Waals surface area contributed by atoms with Crippen LogP contribution in [0.4, 0.5) is 0 Å². The number of nitrogens with two attached hydrogens (primary N) is 1. The number of hydrogen-bond acceptors (Lipinski definition) is 2. The van der Waals surface area contributed by atoms with Gasteiger partial charge in [0.2, 0.25) is 0 Å². The number of aromatic nitrogens is 1. The summed E-state index contributed by atoms with van der Waals surface area (Å²) in [5.41, 5.74) is 14.0. The van der Waals surface area contributed by atoms with Crippen molar-refractivity contribution in [1.29, 1.82) is 0 Å². The van der Waals surface area contributed by atoms with Crippen LogP contribution in [0, 0.1) is 13.8 Å². The van der Waals surface area contributed by atoms with Crippen LogP contribution in [0.3, 0.4) is 0 Å². The number of aryl methyl sites for hydroxylation is 3. The van der Waals surface area contributed by atoms with Crippen molar-refractivity contribution in [2.24, 2.45) is 5.73 Å². The van der Waals surface area contributed by atoms with Crippen molar-refractivity contribution in [3.8, 4) is 0 Å². The van der Waals surface area contributed by atoms with Gasteiger partial charge in [0.15, 0.2) is 0 Å². The third-order valence-corrected chi connectivity index (χ3v) is 3.95. The molecule has 2 nitrogen and oxygen atoms in total. The van der Waals surface area contributed by atoms with Gasteiger partial charge in [0.05, 0.1) is 5.52 Å². The van der Waals surface area contributed by atoms with Crippen molar-refractivity contribution < 1.29 is 0 Å². The van der Waals surface area contributed by atoms with Gasteiger partial charge in [-0.3, -0.25) is 4.98 Å². The summed E-state index contributed by atoms with van der Waals surface area (Å²) in [4.78, 5) is 4.86. The van der Waals surface area contributed by atoms with Gasteiger partial charge in [0, 0.05) is 17.1 Å². The monoisotopic (exact) mass is 240 g/mol. The van der Waals surface area contributed by atoms with Gasteiger partial charge in [-0.25, -0.2) is 0 Å². The van der Waals surface area contributed by atoms with Crippen LogP contribution in [0.5, 0.6) is 0 Å². The highest BCUT2D eigenvalue weighted by Gasteiger charge is 2.22. The minimum atomic E-state index is 0.0868. The van der Waals surface area contributed by atoms with E-state index in [1.807, 2.05) is 0 Å². The smallest absolute Gasteiger partial charge is 0.0714 e. The lowest BCUT2D eigenvalue weighted by Gasteiger charge is -2.17.